The Morgan fingerprint density at radius 3 is 2.50 bits per heavy atom. The molecule has 0 spiro atoms. The largest absolute Gasteiger partial charge is 0.389 e. The molecule has 0 aliphatic rings. The second-order valence-electron chi connectivity index (χ2n) is 4.47. The molecule has 1 rings (SSSR count). The molecule has 0 radical (unpaired) electrons. The summed E-state index contributed by atoms with van der Waals surface area (Å²) in [7, 11) is -3.61. The van der Waals surface area contributed by atoms with Crippen LogP contribution >= 0.6 is 12.2 Å². The van der Waals surface area contributed by atoms with Gasteiger partial charge in [0, 0.05) is 18.0 Å². The van der Waals surface area contributed by atoms with E-state index in [1.54, 1.807) is 31.2 Å². The first-order valence-electron chi connectivity index (χ1n) is 5.87. The highest BCUT2D eigenvalue weighted by molar-refractivity contribution is 7.88. The van der Waals surface area contributed by atoms with Gasteiger partial charge in [-0.15, -0.1) is 0 Å². The Morgan fingerprint density at radius 1 is 1.35 bits per heavy atom. The van der Waals surface area contributed by atoms with Gasteiger partial charge in [-0.05, 0) is 12.5 Å². The zero-order valence-corrected chi connectivity index (χ0v) is 12.6. The predicted octanol–water partition coefficient (Wildman–Crippen LogP) is 0.00410. The van der Waals surface area contributed by atoms with E-state index in [-0.39, 0.29) is 17.2 Å². The van der Waals surface area contributed by atoms with Crippen LogP contribution in [0.3, 0.4) is 0 Å². The van der Waals surface area contributed by atoms with Crippen LogP contribution in [0.5, 0.6) is 0 Å². The smallest absolute Gasteiger partial charge is 0.219 e. The van der Waals surface area contributed by atoms with E-state index < -0.39 is 22.0 Å². The van der Waals surface area contributed by atoms with Crippen LogP contribution in [0.15, 0.2) is 24.3 Å². The van der Waals surface area contributed by atoms with Crippen LogP contribution in [0.2, 0.25) is 0 Å². The molecule has 20 heavy (non-hydrogen) atoms. The number of carbonyl (C=O) groups is 1. The topological polar surface area (TPSA) is 115 Å². The van der Waals surface area contributed by atoms with Crippen molar-refractivity contribution < 1.29 is 13.2 Å². The minimum Gasteiger partial charge on any atom is -0.389 e. The van der Waals surface area contributed by atoms with Gasteiger partial charge in [0.15, 0.2) is 0 Å². The lowest BCUT2D eigenvalue weighted by molar-refractivity contribution is -0.118. The Morgan fingerprint density at radius 2 is 1.95 bits per heavy atom. The lowest BCUT2D eigenvalue weighted by Gasteiger charge is -2.14. The molecule has 1 amide bonds. The quantitative estimate of drug-likeness (QED) is 0.613. The molecule has 110 valence electrons. The van der Waals surface area contributed by atoms with Crippen molar-refractivity contribution >= 4 is 33.1 Å². The van der Waals surface area contributed by atoms with Crippen LogP contribution in [0.1, 0.15) is 24.5 Å². The number of primary amides is 1. The first-order chi connectivity index (χ1) is 9.21. The average molecular weight is 315 g/mol. The number of hydrogen-bond donors (Lipinski definition) is 3. The van der Waals surface area contributed by atoms with Crippen molar-refractivity contribution in [3.05, 3.63) is 35.4 Å². The highest BCUT2D eigenvalue weighted by Gasteiger charge is 2.18. The van der Waals surface area contributed by atoms with E-state index in [0.29, 0.717) is 11.1 Å². The molecule has 0 aliphatic heterocycles. The second-order valence-corrected chi connectivity index (χ2v) is 6.66. The van der Waals surface area contributed by atoms with E-state index in [1.807, 2.05) is 0 Å². The number of carbonyl (C=O) groups excluding carboxylic acids is 1. The summed E-state index contributed by atoms with van der Waals surface area (Å²) < 4.78 is 26.4. The number of nitrogens with two attached hydrogens (primary N) is 2. The minimum absolute atomic E-state index is 0.0593. The van der Waals surface area contributed by atoms with Crippen LogP contribution in [0.25, 0.3) is 0 Å². The van der Waals surface area contributed by atoms with E-state index in [0.717, 1.165) is 0 Å². The third kappa shape index (κ3) is 5.24. The molecule has 8 heteroatoms. The molecule has 5 N–H and O–H groups in total. The highest BCUT2D eigenvalue weighted by Crippen LogP contribution is 2.12. The summed E-state index contributed by atoms with van der Waals surface area (Å²) in [5.74, 6) is -0.826. The molecule has 1 aromatic rings. The molecule has 0 fully saturated rings. The van der Waals surface area contributed by atoms with E-state index in [2.05, 4.69) is 4.72 Å². The summed E-state index contributed by atoms with van der Waals surface area (Å²) in [5, 5.41) is 0. The molecular formula is C12H17N3O3S2. The van der Waals surface area contributed by atoms with Crippen molar-refractivity contribution in [1.29, 1.82) is 0 Å². The maximum atomic E-state index is 12.0. The molecule has 1 aromatic carbocycles. The van der Waals surface area contributed by atoms with Crippen LogP contribution in [-0.4, -0.2) is 25.4 Å². The number of thiocarbonyl (C=S) groups is 1. The van der Waals surface area contributed by atoms with Crippen molar-refractivity contribution in [2.75, 3.05) is 0 Å². The normalized spacial score (nSPS) is 12.8. The van der Waals surface area contributed by atoms with E-state index >= 15 is 0 Å². The summed E-state index contributed by atoms with van der Waals surface area (Å²) >= 11 is 4.88. The summed E-state index contributed by atoms with van der Waals surface area (Å²) in [6, 6.07) is 6.19. The van der Waals surface area contributed by atoms with Gasteiger partial charge >= 0.3 is 0 Å². The summed E-state index contributed by atoms with van der Waals surface area (Å²) in [4.78, 5) is 10.9. The third-order valence-corrected chi connectivity index (χ3v) is 4.19. The fourth-order valence-corrected chi connectivity index (χ4v) is 3.42. The molecule has 1 unspecified atom stereocenters. The van der Waals surface area contributed by atoms with Gasteiger partial charge in [0.2, 0.25) is 15.9 Å². The average Bonchev–Trinajstić information content (AvgIpc) is 2.26. The molecule has 0 aliphatic carbocycles. The third-order valence-electron chi connectivity index (χ3n) is 2.52. The molecule has 0 saturated carbocycles. The summed E-state index contributed by atoms with van der Waals surface area (Å²) in [5.41, 5.74) is 11.6. The van der Waals surface area contributed by atoms with Crippen molar-refractivity contribution in [2.24, 2.45) is 11.5 Å². The lowest BCUT2D eigenvalue weighted by Crippen LogP contribution is -2.36. The van der Waals surface area contributed by atoms with Crippen molar-refractivity contribution in [3.63, 3.8) is 0 Å². The lowest BCUT2D eigenvalue weighted by atomic mass is 10.1. The van der Waals surface area contributed by atoms with Gasteiger partial charge in [-0.3, -0.25) is 4.79 Å². The fourth-order valence-electron chi connectivity index (χ4n) is 1.78. The number of sulfonamides is 1. The Labute approximate surface area is 123 Å². The number of nitrogens with one attached hydrogen (secondary N) is 1. The van der Waals surface area contributed by atoms with E-state index in [4.69, 9.17) is 23.7 Å². The molecule has 1 atom stereocenters. The molecule has 6 nitrogen and oxygen atoms in total. The van der Waals surface area contributed by atoms with Gasteiger partial charge in [-0.1, -0.05) is 36.5 Å². The monoisotopic (exact) mass is 315 g/mol. The Kier molecular flexibility index (Phi) is 5.61. The number of benzene rings is 1. The standard InChI is InChI=1S/C12H17N3O3S2/c1-8(6-11(13)16)15-20(17,18)7-9-4-2-3-5-10(9)12(14)19/h2-5,8,15H,6-7H2,1H3,(H2,13,16)(H2,14,19). The van der Waals surface area contributed by atoms with Crippen LogP contribution in [0, 0.1) is 0 Å². The minimum atomic E-state index is -3.61. The van der Waals surface area contributed by atoms with Crippen LogP contribution < -0.4 is 16.2 Å². The fraction of sp³-hybridized carbons (Fsp3) is 0.333. The zero-order valence-electron chi connectivity index (χ0n) is 11.0. The summed E-state index contributed by atoms with van der Waals surface area (Å²) in [6.07, 6.45) is -0.0593. The maximum absolute atomic E-state index is 12.0. The molecular weight excluding hydrogens is 298 g/mol. The maximum Gasteiger partial charge on any atom is 0.219 e. The Balaban J connectivity index is 2.87. The van der Waals surface area contributed by atoms with Crippen molar-refractivity contribution in [2.45, 2.75) is 25.1 Å². The van der Waals surface area contributed by atoms with Gasteiger partial charge in [0.25, 0.3) is 0 Å². The number of hydrogen-bond acceptors (Lipinski definition) is 4. The molecule has 0 saturated heterocycles. The Hall–Kier alpha value is -1.51. The number of amides is 1. The predicted molar refractivity (Wildman–Crippen MR) is 81.4 cm³/mol. The van der Waals surface area contributed by atoms with Gasteiger partial charge in [0.1, 0.15) is 4.99 Å². The first-order valence-corrected chi connectivity index (χ1v) is 7.93. The van der Waals surface area contributed by atoms with Crippen molar-refractivity contribution in [1.82, 2.24) is 4.72 Å². The molecule has 0 heterocycles. The van der Waals surface area contributed by atoms with Crippen molar-refractivity contribution in [3.8, 4) is 0 Å². The SMILES string of the molecule is CC(CC(N)=O)NS(=O)(=O)Cc1ccccc1C(N)=S. The van der Waals surface area contributed by atoms with Crippen LogP contribution in [-0.2, 0) is 20.6 Å². The van der Waals surface area contributed by atoms with Gasteiger partial charge < -0.3 is 11.5 Å². The van der Waals surface area contributed by atoms with E-state index in [1.165, 1.54) is 0 Å². The molecule has 0 bridgehead atoms. The Bertz CT molecular complexity index is 614. The molecule has 0 aromatic heterocycles. The zero-order chi connectivity index (χ0) is 15.3. The number of rotatable bonds is 7. The summed E-state index contributed by atoms with van der Waals surface area (Å²) in [6.45, 7) is 1.57. The van der Waals surface area contributed by atoms with Gasteiger partial charge in [0.05, 0.1) is 5.75 Å². The highest BCUT2D eigenvalue weighted by atomic mass is 32.2. The van der Waals surface area contributed by atoms with Gasteiger partial charge in [-0.2, -0.15) is 0 Å². The second kappa shape index (κ2) is 6.78. The van der Waals surface area contributed by atoms with Gasteiger partial charge in [-0.25, -0.2) is 13.1 Å². The van der Waals surface area contributed by atoms with E-state index in [9.17, 15) is 13.2 Å². The van der Waals surface area contributed by atoms with Crippen LogP contribution in [0.4, 0.5) is 0 Å². The first kappa shape index (κ1) is 16.5.